The van der Waals surface area contributed by atoms with Crippen LogP contribution in [0.15, 0.2) is 41.9 Å². The van der Waals surface area contributed by atoms with Crippen LogP contribution in [-0.2, 0) is 0 Å². The Hall–Kier alpha value is -3.09. The Labute approximate surface area is 150 Å². The zero-order valence-electron chi connectivity index (χ0n) is 14.6. The minimum atomic E-state index is -0.116. The number of hydrogen-bond acceptors (Lipinski definition) is 5. The van der Waals surface area contributed by atoms with Crippen molar-refractivity contribution in [3.05, 3.63) is 42.5 Å². The molecule has 0 saturated heterocycles. The third kappa shape index (κ3) is 2.31. The fourth-order valence-corrected chi connectivity index (χ4v) is 3.57. The van der Waals surface area contributed by atoms with Crippen molar-refractivity contribution < 1.29 is 4.79 Å². The van der Waals surface area contributed by atoms with E-state index >= 15 is 0 Å². The molecule has 0 N–H and O–H groups in total. The molecule has 0 amide bonds. The smallest absolute Gasteiger partial charge is 0.257 e. The first-order valence-electron chi connectivity index (χ1n) is 8.77. The van der Waals surface area contributed by atoms with E-state index in [9.17, 15) is 4.79 Å². The molecule has 7 heteroatoms. The Bertz CT molecular complexity index is 1060. The predicted molar refractivity (Wildman–Crippen MR) is 96.9 cm³/mol. The Morgan fingerprint density at radius 2 is 2.00 bits per heavy atom. The number of fused-ring (bicyclic) bond motifs is 1. The zero-order valence-corrected chi connectivity index (χ0v) is 14.6. The van der Waals surface area contributed by atoms with E-state index in [0.29, 0.717) is 11.7 Å². The summed E-state index contributed by atoms with van der Waals surface area (Å²) in [5.74, 6) is 1.70. The first-order chi connectivity index (χ1) is 12.6. The van der Waals surface area contributed by atoms with Crippen molar-refractivity contribution in [2.75, 3.05) is 0 Å². The van der Waals surface area contributed by atoms with Crippen LogP contribution < -0.4 is 0 Å². The molecule has 0 radical (unpaired) electrons. The van der Waals surface area contributed by atoms with E-state index in [4.69, 9.17) is 4.99 Å². The summed E-state index contributed by atoms with van der Waals surface area (Å²) in [5.41, 5.74) is 3.68. The second kappa shape index (κ2) is 5.45. The van der Waals surface area contributed by atoms with Gasteiger partial charge in [-0.3, -0.25) is 4.79 Å². The number of carbonyl (C=O) groups excluding carboxylic acids is 1. The summed E-state index contributed by atoms with van der Waals surface area (Å²) in [7, 11) is 0. The lowest BCUT2D eigenvalue weighted by molar-refractivity contribution is 0.0841. The summed E-state index contributed by atoms with van der Waals surface area (Å²) in [6, 6.07) is 3.91. The van der Waals surface area contributed by atoms with Crippen LogP contribution in [0.2, 0.25) is 0 Å². The summed E-state index contributed by atoms with van der Waals surface area (Å²) < 4.78 is 3.17. The number of aromatic nitrogens is 5. The van der Waals surface area contributed by atoms with Gasteiger partial charge in [0.25, 0.3) is 5.91 Å². The Kier molecular flexibility index (Phi) is 3.19. The van der Waals surface area contributed by atoms with Crippen LogP contribution in [0.1, 0.15) is 30.1 Å². The summed E-state index contributed by atoms with van der Waals surface area (Å²) >= 11 is 0. The van der Waals surface area contributed by atoms with Crippen molar-refractivity contribution in [2.24, 2.45) is 16.8 Å². The molecule has 1 fully saturated rings. The van der Waals surface area contributed by atoms with Gasteiger partial charge in [0.05, 0.1) is 18.3 Å². The minimum absolute atomic E-state index is 0.0361. The number of pyridine rings is 1. The van der Waals surface area contributed by atoms with E-state index in [-0.39, 0.29) is 11.8 Å². The van der Waals surface area contributed by atoms with E-state index in [1.165, 1.54) is 4.68 Å². The van der Waals surface area contributed by atoms with Crippen LogP contribution in [0.4, 0.5) is 5.82 Å². The molecule has 4 heterocycles. The standard InChI is InChI=1S/C19H18N6O/c1-11-5-6-20-16(7-11)24-10-14(8-21-24)15-9-22-25-18(15)23-12(2)17(19(25)26)13-3-4-13/h5-10,13,17H,3-4H2,1-2H3. The molecular formula is C19H18N6O. The van der Waals surface area contributed by atoms with Gasteiger partial charge >= 0.3 is 0 Å². The third-order valence-electron chi connectivity index (χ3n) is 5.07. The highest BCUT2D eigenvalue weighted by atomic mass is 16.2. The average Bonchev–Trinajstić information content (AvgIpc) is 3.17. The van der Waals surface area contributed by atoms with Crippen molar-refractivity contribution in [3.63, 3.8) is 0 Å². The number of nitrogens with zero attached hydrogens (tertiary/aromatic N) is 6. The van der Waals surface area contributed by atoms with Gasteiger partial charge in [0.1, 0.15) is 0 Å². The average molecular weight is 346 g/mol. The van der Waals surface area contributed by atoms with Crippen molar-refractivity contribution in [1.82, 2.24) is 24.5 Å². The largest absolute Gasteiger partial charge is 0.272 e. The summed E-state index contributed by atoms with van der Waals surface area (Å²) in [6.45, 7) is 3.96. The topological polar surface area (TPSA) is 78.0 Å². The molecule has 3 aromatic heterocycles. The molecule has 1 atom stereocenters. The maximum atomic E-state index is 12.8. The zero-order chi connectivity index (χ0) is 17.8. The van der Waals surface area contributed by atoms with E-state index in [0.717, 1.165) is 41.1 Å². The minimum Gasteiger partial charge on any atom is -0.272 e. The van der Waals surface area contributed by atoms with Crippen molar-refractivity contribution in [1.29, 1.82) is 0 Å². The van der Waals surface area contributed by atoms with Gasteiger partial charge in [0, 0.05) is 29.2 Å². The first-order valence-corrected chi connectivity index (χ1v) is 8.77. The van der Waals surface area contributed by atoms with Crippen LogP contribution >= 0.6 is 0 Å². The fourth-order valence-electron chi connectivity index (χ4n) is 3.57. The summed E-state index contributed by atoms with van der Waals surface area (Å²) in [5, 5.41) is 8.72. The third-order valence-corrected chi connectivity index (χ3v) is 5.07. The normalized spacial score (nSPS) is 19.4. The van der Waals surface area contributed by atoms with Gasteiger partial charge in [-0.15, -0.1) is 0 Å². The Morgan fingerprint density at radius 3 is 2.77 bits per heavy atom. The summed E-state index contributed by atoms with van der Waals surface area (Å²) in [4.78, 5) is 21.9. The van der Waals surface area contributed by atoms with Crippen LogP contribution in [0.5, 0.6) is 0 Å². The number of carbonyl (C=O) groups is 1. The molecule has 1 aliphatic heterocycles. The van der Waals surface area contributed by atoms with Crippen LogP contribution in [0, 0.1) is 18.8 Å². The number of aryl methyl sites for hydroxylation is 1. The SMILES string of the molecule is CC1=Nc2c(-c3cnn(-c4cc(C)ccn4)c3)cnn2C(=O)C1C1CC1. The molecule has 0 spiro atoms. The highest BCUT2D eigenvalue weighted by Crippen LogP contribution is 2.42. The molecule has 130 valence electrons. The molecule has 5 rings (SSSR count). The molecular weight excluding hydrogens is 328 g/mol. The van der Waals surface area contributed by atoms with Gasteiger partial charge in [0.15, 0.2) is 11.6 Å². The molecule has 3 aromatic rings. The van der Waals surface area contributed by atoms with E-state index in [2.05, 4.69) is 15.2 Å². The number of rotatable bonds is 3. The fraction of sp³-hybridized carbons (Fsp3) is 0.316. The Morgan fingerprint density at radius 1 is 1.15 bits per heavy atom. The number of aliphatic imine (C=N–C) groups is 1. The first kappa shape index (κ1) is 15.2. The van der Waals surface area contributed by atoms with Crippen molar-refractivity contribution >= 4 is 17.4 Å². The lowest BCUT2D eigenvalue weighted by atomic mass is 9.96. The summed E-state index contributed by atoms with van der Waals surface area (Å²) in [6.07, 6.45) is 9.31. The lowest BCUT2D eigenvalue weighted by Gasteiger charge is -2.20. The van der Waals surface area contributed by atoms with Gasteiger partial charge in [-0.05, 0) is 50.3 Å². The maximum Gasteiger partial charge on any atom is 0.257 e. The van der Waals surface area contributed by atoms with Crippen LogP contribution in [0.3, 0.4) is 0 Å². The second-order valence-electron chi connectivity index (χ2n) is 7.07. The molecule has 0 bridgehead atoms. The highest BCUT2D eigenvalue weighted by molar-refractivity contribution is 6.09. The predicted octanol–water partition coefficient (Wildman–Crippen LogP) is 3.21. The van der Waals surface area contributed by atoms with Crippen molar-refractivity contribution in [2.45, 2.75) is 26.7 Å². The molecule has 1 saturated carbocycles. The Balaban J connectivity index is 1.55. The van der Waals surface area contributed by atoms with Gasteiger partial charge in [0.2, 0.25) is 0 Å². The molecule has 7 nitrogen and oxygen atoms in total. The second-order valence-corrected chi connectivity index (χ2v) is 7.07. The monoisotopic (exact) mass is 346 g/mol. The van der Waals surface area contributed by atoms with E-state index in [1.54, 1.807) is 23.3 Å². The molecule has 26 heavy (non-hydrogen) atoms. The van der Waals surface area contributed by atoms with E-state index < -0.39 is 0 Å². The van der Waals surface area contributed by atoms with Gasteiger partial charge in [-0.25, -0.2) is 14.7 Å². The quantitative estimate of drug-likeness (QED) is 0.729. The lowest BCUT2D eigenvalue weighted by Crippen LogP contribution is -2.32. The highest BCUT2D eigenvalue weighted by Gasteiger charge is 2.42. The van der Waals surface area contributed by atoms with Crippen molar-refractivity contribution in [3.8, 4) is 16.9 Å². The molecule has 2 aliphatic rings. The molecule has 1 unspecified atom stereocenters. The van der Waals surface area contributed by atoms with Gasteiger partial charge in [-0.2, -0.15) is 14.9 Å². The molecule has 1 aliphatic carbocycles. The van der Waals surface area contributed by atoms with Crippen LogP contribution in [-0.4, -0.2) is 36.2 Å². The van der Waals surface area contributed by atoms with Gasteiger partial charge in [-0.1, -0.05) is 0 Å². The van der Waals surface area contributed by atoms with Gasteiger partial charge < -0.3 is 0 Å². The van der Waals surface area contributed by atoms with Crippen LogP contribution in [0.25, 0.3) is 16.9 Å². The number of hydrogen-bond donors (Lipinski definition) is 0. The van der Waals surface area contributed by atoms with E-state index in [1.807, 2.05) is 32.2 Å². The maximum absolute atomic E-state index is 12.8. The molecule has 0 aromatic carbocycles.